The van der Waals surface area contributed by atoms with Gasteiger partial charge in [-0.15, -0.1) is 5.10 Å². The zero-order chi connectivity index (χ0) is 8.55. The highest BCUT2D eigenvalue weighted by molar-refractivity contribution is 5.10. The maximum atomic E-state index is 4.15. The standard InChI is InChI=1S/C8H14N4/c1-3-12-5-4-8-7(6-12)9-10-11(8)2/h3-6H2,1-2H3/p+1. The normalized spacial score (nSPS) is 22.3. The van der Waals surface area contributed by atoms with E-state index in [1.165, 1.54) is 24.5 Å². The summed E-state index contributed by atoms with van der Waals surface area (Å²) in [7, 11) is 1.97. The molecule has 1 aliphatic heterocycles. The van der Waals surface area contributed by atoms with Gasteiger partial charge in [-0.25, -0.2) is 0 Å². The first-order valence-electron chi connectivity index (χ1n) is 4.52. The lowest BCUT2D eigenvalue weighted by molar-refractivity contribution is -0.914. The number of hydrogen-bond donors (Lipinski definition) is 1. The Hall–Kier alpha value is -0.900. The number of quaternary nitrogens is 1. The molecule has 2 heterocycles. The molecule has 1 unspecified atom stereocenters. The van der Waals surface area contributed by atoms with E-state index >= 15 is 0 Å². The molecule has 1 aromatic heterocycles. The Labute approximate surface area is 72.2 Å². The molecule has 0 fully saturated rings. The van der Waals surface area contributed by atoms with Crippen LogP contribution in [0.1, 0.15) is 18.3 Å². The Balaban J connectivity index is 2.24. The smallest absolute Gasteiger partial charge is 0.140 e. The summed E-state index contributed by atoms with van der Waals surface area (Å²) in [6.07, 6.45) is 1.13. The second-order valence-electron chi connectivity index (χ2n) is 3.39. The lowest BCUT2D eigenvalue weighted by Crippen LogP contribution is -3.11. The summed E-state index contributed by atoms with van der Waals surface area (Å²) in [5, 5.41) is 8.17. The zero-order valence-corrected chi connectivity index (χ0v) is 7.67. The van der Waals surface area contributed by atoms with Gasteiger partial charge < -0.3 is 4.90 Å². The van der Waals surface area contributed by atoms with Gasteiger partial charge in [0, 0.05) is 13.5 Å². The van der Waals surface area contributed by atoms with Gasteiger partial charge in [-0.2, -0.15) is 0 Å². The molecule has 0 saturated heterocycles. The van der Waals surface area contributed by atoms with Crippen molar-refractivity contribution in [3.05, 3.63) is 11.4 Å². The molecule has 0 bridgehead atoms. The largest absolute Gasteiger partial charge is 0.330 e. The van der Waals surface area contributed by atoms with Gasteiger partial charge in [-0.3, -0.25) is 4.68 Å². The quantitative estimate of drug-likeness (QED) is 0.569. The molecular weight excluding hydrogens is 152 g/mol. The summed E-state index contributed by atoms with van der Waals surface area (Å²) in [5.41, 5.74) is 2.52. The average Bonchev–Trinajstić information content (AvgIpc) is 2.47. The van der Waals surface area contributed by atoms with E-state index in [1.54, 1.807) is 4.90 Å². The van der Waals surface area contributed by atoms with E-state index in [2.05, 4.69) is 17.2 Å². The van der Waals surface area contributed by atoms with Gasteiger partial charge in [0.15, 0.2) is 0 Å². The Kier molecular flexibility index (Phi) is 1.84. The van der Waals surface area contributed by atoms with Crippen molar-refractivity contribution in [3.63, 3.8) is 0 Å². The Bertz CT molecular complexity index is 279. The van der Waals surface area contributed by atoms with Crippen molar-refractivity contribution < 1.29 is 4.90 Å². The number of likely N-dealkylation sites (N-methyl/N-ethyl adjacent to an activating group) is 1. The highest BCUT2D eigenvalue weighted by Crippen LogP contribution is 2.05. The van der Waals surface area contributed by atoms with Crippen LogP contribution in [0.5, 0.6) is 0 Å². The van der Waals surface area contributed by atoms with Gasteiger partial charge in [0.05, 0.1) is 18.8 Å². The van der Waals surface area contributed by atoms with Crippen molar-refractivity contribution in [1.82, 2.24) is 15.0 Å². The third-order valence-corrected chi connectivity index (χ3v) is 2.66. The molecule has 12 heavy (non-hydrogen) atoms. The Morgan fingerprint density at radius 2 is 2.42 bits per heavy atom. The first-order chi connectivity index (χ1) is 5.81. The number of fused-ring (bicyclic) bond motifs is 1. The molecule has 1 aromatic rings. The fraction of sp³-hybridized carbons (Fsp3) is 0.750. The number of nitrogens with zero attached hydrogens (tertiary/aromatic N) is 3. The highest BCUT2D eigenvalue weighted by atomic mass is 15.4. The molecule has 0 aliphatic carbocycles. The minimum absolute atomic E-state index is 1.06. The lowest BCUT2D eigenvalue weighted by atomic mass is 10.1. The van der Waals surface area contributed by atoms with Gasteiger partial charge in [0.25, 0.3) is 0 Å². The Morgan fingerprint density at radius 3 is 3.17 bits per heavy atom. The van der Waals surface area contributed by atoms with E-state index in [4.69, 9.17) is 0 Å². The van der Waals surface area contributed by atoms with Crippen LogP contribution in [0.15, 0.2) is 0 Å². The summed E-state index contributed by atoms with van der Waals surface area (Å²) in [4.78, 5) is 1.61. The van der Waals surface area contributed by atoms with Gasteiger partial charge >= 0.3 is 0 Å². The van der Waals surface area contributed by atoms with Crippen LogP contribution in [0.4, 0.5) is 0 Å². The fourth-order valence-corrected chi connectivity index (χ4v) is 1.79. The summed E-state index contributed by atoms with van der Waals surface area (Å²) in [6, 6.07) is 0. The van der Waals surface area contributed by atoms with Crippen molar-refractivity contribution in [2.75, 3.05) is 13.1 Å². The number of aromatic nitrogens is 3. The maximum Gasteiger partial charge on any atom is 0.140 e. The van der Waals surface area contributed by atoms with Crippen molar-refractivity contribution in [3.8, 4) is 0 Å². The number of rotatable bonds is 1. The first-order valence-corrected chi connectivity index (χ1v) is 4.52. The zero-order valence-electron chi connectivity index (χ0n) is 7.67. The molecule has 0 spiro atoms. The van der Waals surface area contributed by atoms with E-state index < -0.39 is 0 Å². The van der Waals surface area contributed by atoms with Crippen molar-refractivity contribution >= 4 is 0 Å². The predicted molar refractivity (Wildman–Crippen MR) is 44.8 cm³/mol. The molecule has 66 valence electrons. The number of nitrogens with one attached hydrogen (secondary N) is 1. The molecule has 4 heteroatoms. The predicted octanol–water partition coefficient (Wildman–Crippen LogP) is -1.22. The van der Waals surface area contributed by atoms with E-state index in [9.17, 15) is 0 Å². The molecule has 1 atom stereocenters. The van der Waals surface area contributed by atoms with Crippen LogP contribution >= 0.6 is 0 Å². The minimum atomic E-state index is 1.06. The van der Waals surface area contributed by atoms with E-state index in [0.717, 1.165) is 13.0 Å². The van der Waals surface area contributed by atoms with Crippen LogP contribution in [0, 0.1) is 0 Å². The minimum Gasteiger partial charge on any atom is -0.330 e. The average molecular weight is 167 g/mol. The number of aryl methyl sites for hydroxylation is 1. The molecular formula is C8H15N4+. The van der Waals surface area contributed by atoms with Crippen LogP contribution in [-0.4, -0.2) is 28.1 Å². The van der Waals surface area contributed by atoms with Gasteiger partial charge in [-0.1, -0.05) is 5.21 Å². The topological polar surface area (TPSA) is 35.2 Å². The van der Waals surface area contributed by atoms with Crippen LogP contribution in [0.25, 0.3) is 0 Å². The lowest BCUT2D eigenvalue weighted by Gasteiger charge is -2.21. The van der Waals surface area contributed by atoms with Crippen molar-refractivity contribution in [2.24, 2.45) is 7.05 Å². The monoisotopic (exact) mass is 167 g/mol. The first kappa shape index (κ1) is 7.73. The van der Waals surface area contributed by atoms with Crippen LogP contribution < -0.4 is 4.90 Å². The van der Waals surface area contributed by atoms with Crippen molar-refractivity contribution in [2.45, 2.75) is 19.9 Å². The highest BCUT2D eigenvalue weighted by Gasteiger charge is 2.22. The van der Waals surface area contributed by atoms with E-state index in [1.807, 2.05) is 11.7 Å². The van der Waals surface area contributed by atoms with Crippen LogP contribution in [-0.2, 0) is 20.0 Å². The summed E-state index contributed by atoms with van der Waals surface area (Å²) < 4.78 is 1.90. The Morgan fingerprint density at radius 1 is 1.58 bits per heavy atom. The SMILES string of the molecule is CC[NH+]1CCc2c(nnn2C)C1. The molecule has 0 radical (unpaired) electrons. The molecule has 4 nitrogen and oxygen atoms in total. The van der Waals surface area contributed by atoms with Gasteiger partial charge in [0.2, 0.25) is 0 Å². The molecule has 0 aromatic carbocycles. The molecule has 1 N–H and O–H groups in total. The maximum absolute atomic E-state index is 4.15. The molecule has 0 saturated carbocycles. The molecule has 2 rings (SSSR count). The summed E-state index contributed by atoms with van der Waals surface area (Å²) in [5.74, 6) is 0. The van der Waals surface area contributed by atoms with Crippen LogP contribution in [0.2, 0.25) is 0 Å². The van der Waals surface area contributed by atoms with Gasteiger partial charge in [0.1, 0.15) is 12.2 Å². The molecule has 0 amide bonds. The van der Waals surface area contributed by atoms with Crippen LogP contribution in [0.3, 0.4) is 0 Å². The van der Waals surface area contributed by atoms with E-state index in [-0.39, 0.29) is 0 Å². The summed E-state index contributed by atoms with van der Waals surface area (Å²) in [6.45, 7) is 5.69. The third-order valence-electron chi connectivity index (χ3n) is 2.66. The molecule has 1 aliphatic rings. The van der Waals surface area contributed by atoms with Crippen molar-refractivity contribution in [1.29, 1.82) is 0 Å². The second kappa shape index (κ2) is 2.86. The summed E-state index contributed by atoms with van der Waals surface area (Å²) >= 11 is 0. The second-order valence-corrected chi connectivity index (χ2v) is 3.39. The fourth-order valence-electron chi connectivity index (χ4n) is 1.79. The van der Waals surface area contributed by atoms with Gasteiger partial charge in [-0.05, 0) is 6.92 Å². The van der Waals surface area contributed by atoms with E-state index in [0.29, 0.717) is 0 Å². The number of hydrogen-bond acceptors (Lipinski definition) is 2. The third kappa shape index (κ3) is 1.12.